The quantitative estimate of drug-likeness (QED) is 0.806. The van der Waals surface area contributed by atoms with Crippen molar-refractivity contribution >= 4 is 17.7 Å². The Labute approximate surface area is 108 Å². The van der Waals surface area contributed by atoms with Crippen molar-refractivity contribution in [2.75, 3.05) is 12.3 Å². The Bertz CT molecular complexity index is 495. The summed E-state index contributed by atoms with van der Waals surface area (Å²) < 4.78 is 10.5. The first-order chi connectivity index (χ1) is 8.79. The van der Waals surface area contributed by atoms with Gasteiger partial charge in [-0.15, -0.1) is 10.2 Å². The standard InChI is InChI=1S/C11H13N3O3S/c1-2-5-12-9(15)7-18-11-14-13-10(17-11)8-4-3-6-16-8/h3-4,6H,2,5,7H2,1H3,(H,12,15). The molecule has 6 nitrogen and oxygen atoms in total. The van der Waals surface area contributed by atoms with Crippen molar-refractivity contribution in [2.45, 2.75) is 18.6 Å². The number of aromatic nitrogens is 2. The van der Waals surface area contributed by atoms with E-state index in [9.17, 15) is 4.79 Å². The summed E-state index contributed by atoms with van der Waals surface area (Å²) in [5.41, 5.74) is 0. The third kappa shape index (κ3) is 3.36. The number of rotatable bonds is 6. The van der Waals surface area contributed by atoms with E-state index in [2.05, 4.69) is 15.5 Å². The lowest BCUT2D eigenvalue weighted by Gasteiger charge is -2.00. The summed E-state index contributed by atoms with van der Waals surface area (Å²) in [6.45, 7) is 2.68. The van der Waals surface area contributed by atoms with Crippen LogP contribution in [0.5, 0.6) is 0 Å². The fourth-order valence-electron chi connectivity index (χ4n) is 1.21. The molecule has 0 aliphatic carbocycles. The Balaban J connectivity index is 1.86. The van der Waals surface area contributed by atoms with Gasteiger partial charge in [0.2, 0.25) is 5.91 Å². The maximum atomic E-state index is 11.4. The zero-order valence-corrected chi connectivity index (χ0v) is 10.7. The number of hydrogen-bond acceptors (Lipinski definition) is 6. The Morgan fingerprint density at radius 1 is 1.50 bits per heavy atom. The minimum absolute atomic E-state index is 0.0420. The highest BCUT2D eigenvalue weighted by molar-refractivity contribution is 7.99. The monoisotopic (exact) mass is 267 g/mol. The van der Waals surface area contributed by atoms with Crippen molar-refractivity contribution in [2.24, 2.45) is 0 Å². The van der Waals surface area contributed by atoms with Gasteiger partial charge in [-0.05, 0) is 18.6 Å². The van der Waals surface area contributed by atoms with Crippen LogP contribution in [0.1, 0.15) is 13.3 Å². The first kappa shape index (κ1) is 12.7. The number of nitrogens with one attached hydrogen (secondary N) is 1. The summed E-state index contributed by atoms with van der Waals surface area (Å²) in [7, 11) is 0. The molecular formula is C11H13N3O3S. The molecule has 0 bridgehead atoms. The smallest absolute Gasteiger partial charge is 0.284 e. The average Bonchev–Trinajstić information content (AvgIpc) is 3.03. The van der Waals surface area contributed by atoms with Crippen LogP contribution in [0, 0.1) is 0 Å². The van der Waals surface area contributed by atoms with Crippen LogP contribution in [0.3, 0.4) is 0 Å². The van der Waals surface area contributed by atoms with Crippen LogP contribution in [0.2, 0.25) is 0 Å². The van der Waals surface area contributed by atoms with Crippen LogP contribution in [0.25, 0.3) is 11.7 Å². The molecule has 0 fully saturated rings. The van der Waals surface area contributed by atoms with Crippen molar-refractivity contribution in [3.63, 3.8) is 0 Å². The topological polar surface area (TPSA) is 81.2 Å². The van der Waals surface area contributed by atoms with Gasteiger partial charge in [-0.25, -0.2) is 0 Å². The molecule has 0 saturated heterocycles. The molecule has 0 saturated carbocycles. The Kier molecular flexibility index (Phi) is 4.40. The van der Waals surface area contributed by atoms with Crippen LogP contribution in [-0.2, 0) is 4.79 Å². The van der Waals surface area contributed by atoms with Crippen LogP contribution in [0.15, 0.2) is 32.5 Å². The third-order valence-corrected chi connectivity index (χ3v) is 2.86. The molecule has 0 aliphatic heterocycles. The number of nitrogens with zero attached hydrogens (tertiary/aromatic N) is 2. The summed E-state index contributed by atoms with van der Waals surface area (Å²) >= 11 is 1.20. The van der Waals surface area contributed by atoms with Crippen molar-refractivity contribution in [1.29, 1.82) is 0 Å². The van der Waals surface area contributed by atoms with Gasteiger partial charge in [-0.3, -0.25) is 4.79 Å². The molecule has 2 heterocycles. The fourth-order valence-corrected chi connectivity index (χ4v) is 1.80. The largest absolute Gasteiger partial charge is 0.459 e. The molecule has 7 heteroatoms. The van der Waals surface area contributed by atoms with Crippen molar-refractivity contribution in [1.82, 2.24) is 15.5 Å². The van der Waals surface area contributed by atoms with Gasteiger partial charge in [-0.2, -0.15) is 0 Å². The first-order valence-corrected chi connectivity index (χ1v) is 6.55. The van der Waals surface area contributed by atoms with E-state index in [0.717, 1.165) is 6.42 Å². The molecule has 0 spiro atoms. The number of hydrogen-bond donors (Lipinski definition) is 1. The zero-order valence-electron chi connectivity index (χ0n) is 9.88. The highest BCUT2D eigenvalue weighted by Gasteiger charge is 2.12. The Morgan fingerprint density at radius 3 is 3.11 bits per heavy atom. The van der Waals surface area contributed by atoms with E-state index in [-0.39, 0.29) is 11.7 Å². The molecule has 0 radical (unpaired) electrons. The van der Waals surface area contributed by atoms with Crippen LogP contribution in [0.4, 0.5) is 0 Å². The molecule has 2 aromatic rings. The predicted molar refractivity (Wildman–Crippen MR) is 66.0 cm³/mol. The summed E-state index contributed by atoms with van der Waals surface area (Å²) in [6, 6.07) is 3.47. The summed E-state index contributed by atoms with van der Waals surface area (Å²) in [4.78, 5) is 11.4. The molecule has 1 amide bonds. The molecule has 18 heavy (non-hydrogen) atoms. The van der Waals surface area contributed by atoms with Gasteiger partial charge >= 0.3 is 0 Å². The lowest BCUT2D eigenvalue weighted by molar-refractivity contribution is -0.118. The second-order valence-electron chi connectivity index (χ2n) is 3.49. The van der Waals surface area contributed by atoms with Gasteiger partial charge in [-0.1, -0.05) is 18.7 Å². The van der Waals surface area contributed by atoms with E-state index in [1.807, 2.05) is 6.92 Å². The fraction of sp³-hybridized carbons (Fsp3) is 0.364. The van der Waals surface area contributed by atoms with Crippen LogP contribution in [-0.4, -0.2) is 28.4 Å². The molecule has 96 valence electrons. The number of carbonyl (C=O) groups is 1. The van der Waals surface area contributed by atoms with E-state index in [0.29, 0.717) is 23.4 Å². The first-order valence-electron chi connectivity index (χ1n) is 5.56. The maximum absolute atomic E-state index is 11.4. The van der Waals surface area contributed by atoms with Gasteiger partial charge in [0.1, 0.15) is 0 Å². The van der Waals surface area contributed by atoms with E-state index >= 15 is 0 Å². The second kappa shape index (κ2) is 6.25. The lowest BCUT2D eigenvalue weighted by atomic mass is 10.5. The number of carbonyl (C=O) groups excluding carboxylic acids is 1. The van der Waals surface area contributed by atoms with E-state index < -0.39 is 0 Å². The summed E-state index contributed by atoms with van der Waals surface area (Å²) in [5.74, 6) is 1.06. The average molecular weight is 267 g/mol. The van der Waals surface area contributed by atoms with Crippen LogP contribution >= 0.6 is 11.8 Å². The minimum atomic E-state index is -0.0420. The normalized spacial score (nSPS) is 10.5. The maximum Gasteiger partial charge on any atom is 0.284 e. The molecule has 0 aliphatic rings. The second-order valence-corrected chi connectivity index (χ2v) is 4.42. The number of amides is 1. The van der Waals surface area contributed by atoms with Gasteiger partial charge in [0, 0.05) is 6.54 Å². The molecular weight excluding hydrogens is 254 g/mol. The minimum Gasteiger partial charge on any atom is -0.459 e. The third-order valence-electron chi connectivity index (χ3n) is 2.04. The molecule has 1 N–H and O–H groups in total. The number of furan rings is 1. The van der Waals surface area contributed by atoms with E-state index in [1.165, 1.54) is 18.0 Å². The Hall–Kier alpha value is -1.76. The molecule has 2 aromatic heterocycles. The van der Waals surface area contributed by atoms with Gasteiger partial charge in [0.05, 0.1) is 12.0 Å². The van der Waals surface area contributed by atoms with Gasteiger partial charge in [0.15, 0.2) is 5.76 Å². The molecule has 2 rings (SSSR count). The molecule has 0 unspecified atom stereocenters. The van der Waals surface area contributed by atoms with E-state index in [4.69, 9.17) is 8.83 Å². The molecule has 0 aromatic carbocycles. The van der Waals surface area contributed by atoms with Crippen LogP contribution < -0.4 is 5.32 Å². The Morgan fingerprint density at radius 2 is 2.39 bits per heavy atom. The number of thioether (sulfide) groups is 1. The van der Waals surface area contributed by atoms with E-state index in [1.54, 1.807) is 12.1 Å². The zero-order chi connectivity index (χ0) is 12.8. The summed E-state index contributed by atoms with van der Waals surface area (Å²) in [6.07, 6.45) is 2.45. The van der Waals surface area contributed by atoms with Crippen molar-refractivity contribution in [3.05, 3.63) is 18.4 Å². The lowest BCUT2D eigenvalue weighted by Crippen LogP contribution is -2.25. The SMILES string of the molecule is CCCNC(=O)CSc1nnc(-c2ccco2)o1. The van der Waals surface area contributed by atoms with Crippen molar-refractivity contribution < 1.29 is 13.6 Å². The highest BCUT2D eigenvalue weighted by atomic mass is 32.2. The summed E-state index contributed by atoms with van der Waals surface area (Å²) in [5, 5.41) is 10.8. The highest BCUT2D eigenvalue weighted by Crippen LogP contribution is 2.22. The predicted octanol–water partition coefficient (Wildman–Crippen LogP) is 1.95. The van der Waals surface area contributed by atoms with Crippen molar-refractivity contribution in [3.8, 4) is 11.7 Å². The van der Waals surface area contributed by atoms with Gasteiger partial charge < -0.3 is 14.2 Å². The van der Waals surface area contributed by atoms with Gasteiger partial charge in [0.25, 0.3) is 11.1 Å². The molecule has 0 atom stereocenters.